The van der Waals surface area contributed by atoms with Gasteiger partial charge in [-0.2, -0.15) is 0 Å². The van der Waals surface area contributed by atoms with Crippen molar-refractivity contribution in [3.8, 4) is 0 Å². The summed E-state index contributed by atoms with van der Waals surface area (Å²) < 4.78 is 17.9. The van der Waals surface area contributed by atoms with Crippen LogP contribution in [0.3, 0.4) is 0 Å². The monoisotopic (exact) mass is 558 g/mol. The average molecular weight is 557 g/mol. The first kappa shape index (κ1) is 27.7. The van der Waals surface area contributed by atoms with Gasteiger partial charge in [0.2, 0.25) is 0 Å². The molecule has 0 radical (unpaired) electrons. The van der Waals surface area contributed by atoms with Crippen LogP contribution < -0.4 is 2.89 Å². The van der Waals surface area contributed by atoms with Gasteiger partial charge in [-0.15, -0.1) is 0 Å². The van der Waals surface area contributed by atoms with E-state index in [0.29, 0.717) is 5.41 Å². The van der Waals surface area contributed by atoms with Crippen molar-refractivity contribution in [3.05, 3.63) is 17.0 Å². The van der Waals surface area contributed by atoms with Crippen molar-refractivity contribution in [2.45, 2.75) is 112 Å². The maximum absolute atomic E-state index is 5.87. The van der Waals surface area contributed by atoms with E-state index >= 15 is 0 Å². The molecule has 0 aromatic carbocycles. The molecule has 1 aromatic heterocycles. The van der Waals surface area contributed by atoms with Gasteiger partial charge in [0.05, 0.1) is 13.2 Å². The van der Waals surface area contributed by atoms with Crippen molar-refractivity contribution in [1.82, 2.24) is 0 Å². The van der Waals surface area contributed by atoms with Gasteiger partial charge in [0.15, 0.2) is 0 Å². The Hall–Kier alpha value is 0.419. The van der Waals surface area contributed by atoms with E-state index in [-0.39, 0.29) is 0 Å². The fraction of sp³-hybridized carbons (Fsp3) is 0.852. The van der Waals surface area contributed by atoms with Gasteiger partial charge in [-0.25, -0.2) is 0 Å². The minimum absolute atomic E-state index is 0.294. The van der Waals surface area contributed by atoms with Gasteiger partial charge in [-0.1, -0.05) is 6.92 Å². The van der Waals surface area contributed by atoms with E-state index in [1.807, 2.05) is 2.89 Å². The summed E-state index contributed by atoms with van der Waals surface area (Å²) in [6.07, 6.45) is 15.0. The van der Waals surface area contributed by atoms with Crippen LogP contribution >= 0.6 is 11.3 Å². The summed E-state index contributed by atoms with van der Waals surface area (Å²) in [6.45, 7) is 12.9. The molecule has 0 N–H and O–H groups in total. The van der Waals surface area contributed by atoms with Crippen LogP contribution in [0.15, 0.2) is 12.1 Å². The molecule has 2 heterocycles. The fourth-order valence-electron chi connectivity index (χ4n) is 4.80. The molecule has 1 aliphatic heterocycles. The topological polar surface area (TPSA) is 18.5 Å². The second kappa shape index (κ2) is 15.3. The van der Waals surface area contributed by atoms with Crippen molar-refractivity contribution >= 4 is 32.6 Å². The predicted molar refractivity (Wildman–Crippen MR) is 141 cm³/mol. The van der Waals surface area contributed by atoms with E-state index in [0.717, 1.165) is 26.4 Å². The van der Waals surface area contributed by atoms with Crippen LogP contribution in [0.4, 0.5) is 0 Å². The van der Waals surface area contributed by atoms with Crippen LogP contribution in [-0.2, 0) is 15.9 Å². The fourth-order valence-corrected chi connectivity index (χ4v) is 25.2. The Bertz CT molecular complexity index is 560. The molecule has 4 heteroatoms. The molecule has 0 saturated carbocycles. The Morgan fingerprint density at radius 2 is 1.48 bits per heavy atom. The van der Waals surface area contributed by atoms with E-state index in [9.17, 15) is 0 Å². The number of thiophene rings is 1. The molecule has 180 valence electrons. The first-order chi connectivity index (χ1) is 15.1. The van der Waals surface area contributed by atoms with Gasteiger partial charge in [0.1, 0.15) is 0 Å². The molecule has 1 aromatic rings. The molecule has 0 amide bonds. The second-order valence-electron chi connectivity index (χ2n) is 10.4. The molecule has 0 aliphatic carbocycles. The zero-order valence-corrected chi connectivity index (χ0v) is 24.8. The molecule has 1 aliphatic rings. The molecule has 0 bridgehead atoms. The maximum atomic E-state index is 5.87. The van der Waals surface area contributed by atoms with Crippen molar-refractivity contribution in [1.29, 1.82) is 0 Å². The third-order valence-electron chi connectivity index (χ3n) is 7.02. The first-order valence-electron chi connectivity index (χ1n) is 13.3. The molecule has 1 saturated heterocycles. The van der Waals surface area contributed by atoms with Crippen molar-refractivity contribution in [2.24, 2.45) is 5.41 Å². The van der Waals surface area contributed by atoms with E-state index < -0.39 is 18.4 Å². The number of hydrogen-bond donors (Lipinski definition) is 0. The summed E-state index contributed by atoms with van der Waals surface area (Å²) in [7, 11) is 0. The van der Waals surface area contributed by atoms with Gasteiger partial charge in [-0.05, 0) is 0 Å². The number of rotatable bonds is 19. The normalized spacial score (nSPS) is 15.9. The molecule has 0 atom stereocenters. The van der Waals surface area contributed by atoms with Gasteiger partial charge in [0.25, 0.3) is 0 Å². The number of ether oxygens (including phenoxy) is 2. The van der Waals surface area contributed by atoms with Gasteiger partial charge >= 0.3 is 178 Å². The molecule has 2 rings (SSSR count). The molecule has 31 heavy (non-hydrogen) atoms. The summed E-state index contributed by atoms with van der Waals surface area (Å²) >= 11 is 0.0301. The van der Waals surface area contributed by atoms with Crippen LogP contribution in [0.1, 0.15) is 96.8 Å². The SMILES string of the molecule is CCC[CH2][Sn]([CH2]CCC)([CH2]CCC)[c]1ccc(CCCCCCOCC2(C)COC2)s1. The standard InChI is InChI=1S/C15H23O2S.3C4H9.Sn/c1-15(12-17-13-15)11-16-9-5-3-2-4-7-14-8-6-10-18-14;3*1-3-4-2;/h6,8H,2-5,7,9,11-13H2,1H3;3*1,3-4H2,2H3;. The molecular formula is C27H50O2SSn. The van der Waals surface area contributed by atoms with Crippen molar-refractivity contribution < 1.29 is 9.47 Å². The molecule has 1 fully saturated rings. The quantitative estimate of drug-likeness (QED) is 0.127. The minimum atomic E-state index is -2.20. The summed E-state index contributed by atoms with van der Waals surface area (Å²) in [5.74, 6) is 0. The Morgan fingerprint density at radius 3 is 2.03 bits per heavy atom. The van der Waals surface area contributed by atoms with Crippen LogP contribution in [0, 0.1) is 5.41 Å². The van der Waals surface area contributed by atoms with E-state index in [1.54, 1.807) is 18.2 Å². The molecule has 0 unspecified atom stereocenters. The van der Waals surface area contributed by atoms with E-state index in [1.165, 1.54) is 70.6 Å². The second-order valence-corrected chi connectivity index (χ2v) is 25.7. The summed E-state index contributed by atoms with van der Waals surface area (Å²) in [5, 5.41) is 0. The van der Waals surface area contributed by atoms with Crippen molar-refractivity contribution in [3.63, 3.8) is 0 Å². The van der Waals surface area contributed by atoms with Crippen LogP contribution in [0.5, 0.6) is 0 Å². The summed E-state index contributed by atoms with van der Waals surface area (Å²) in [6, 6.07) is 5.09. The average Bonchev–Trinajstić information content (AvgIpc) is 3.23. The van der Waals surface area contributed by atoms with Gasteiger partial charge in [-0.3, -0.25) is 0 Å². The van der Waals surface area contributed by atoms with E-state index in [4.69, 9.17) is 9.47 Å². The van der Waals surface area contributed by atoms with Gasteiger partial charge < -0.3 is 4.74 Å². The van der Waals surface area contributed by atoms with Crippen LogP contribution in [-0.4, -0.2) is 44.8 Å². The zero-order chi connectivity index (χ0) is 22.4. The Labute approximate surface area is 201 Å². The zero-order valence-electron chi connectivity index (χ0n) is 21.1. The van der Waals surface area contributed by atoms with Crippen molar-refractivity contribution in [2.75, 3.05) is 26.4 Å². The number of hydrogen-bond acceptors (Lipinski definition) is 3. The molecule has 2 nitrogen and oxygen atoms in total. The number of aryl methyl sites for hydroxylation is 1. The number of unbranched alkanes of at least 4 members (excludes halogenated alkanes) is 6. The van der Waals surface area contributed by atoms with Crippen LogP contribution in [0.2, 0.25) is 13.3 Å². The van der Waals surface area contributed by atoms with Crippen LogP contribution in [0.25, 0.3) is 0 Å². The first-order valence-corrected chi connectivity index (χ1v) is 21.6. The Kier molecular flexibility index (Phi) is 13.7. The Morgan fingerprint density at radius 1 is 0.871 bits per heavy atom. The third kappa shape index (κ3) is 9.66. The molecule has 0 spiro atoms. The predicted octanol–water partition coefficient (Wildman–Crippen LogP) is 7.96. The van der Waals surface area contributed by atoms with Gasteiger partial charge in [0, 0.05) is 0 Å². The summed E-state index contributed by atoms with van der Waals surface area (Å²) in [4.78, 5) is 1.66. The van der Waals surface area contributed by atoms with E-state index in [2.05, 4.69) is 51.2 Å². The molecular weight excluding hydrogens is 507 g/mol. The summed E-state index contributed by atoms with van der Waals surface area (Å²) in [5.41, 5.74) is 0.294. The third-order valence-corrected chi connectivity index (χ3v) is 26.4. The Balaban J connectivity index is 1.75.